The summed E-state index contributed by atoms with van der Waals surface area (Å²) in [6, 6.07) is 21.3. The van der Waals surface area contributed by atoms with Crippen molar-refractivity contribution in [3.8, 4) is 5.75 Å². The van der Waals surface area contributed by atoms with Gasteiger partial charge in [-0.15, -0.1) is 0 Å². The van der Waals surface area contributed by atoms with E-state index in [1.165, 1.54) is 6.08 Å². The van der Waals surface area contributed by atoms with Gasteiger partial charge in [0.1, 0.15) is 5.75 Å². The molecule has 3 rings (SSSR count). The molecule has 0 spiro atoms. The van der Waals surface area contributed by atoms with E-state index in [0.717, 1.165) is 27.6 Å². The van der Waals surface area contributed by atoms with Crippen molar-refractivity contribution in [3.63, 3.8) is 0 Å². The molecule has 3 aromatic carbocycles. The fourth-order valence-electron chi connectivity index (χ4n) is 2.67. The van der Waals surface area contributed by atoms with Crippen molar-refractivity contribution < 1.29 is 14.6 Å². The number of hydrogen-bond acceptors (Lipinski definition) is 2. The van der Waals surface area contributed by atoms with Crippen molar-refractivity contribution in [2.45, 2.75) is 0 Å². The van der Waals surface area contributed by atoms with Gasteiger partial charge in [0.15, 0.2) is 0 Å². The smallest absolute Gasteiger partial charge is 0.328 e. The number of hydrogen-bond donors (Lipinski definition) is 1. The lowest BCUT2D eigenvalue weighted by molar-refractivity contribution is -0.131. The van der Waals surface area contributed by atoms with Crippen LogP contribution in [0.2, 0.25) is 0 Å². The van der Waals surface area contributed by atoms with Crippen molar-refractivity contribution in [1.29, 1.82) is 0 Å². The topological polar surface area (TPSA) is 46.5 Å². The third-order valence-electron chi connectivity index (χ3n) is 3.75. The molecular weight excluding hydrogens is 288 g/mol. The van der Waals surface area contributed by atoms with Gasteiger partial charge in [0.05, 0.1) is 7.11 Å². The number of carboxylic acids is 1. The minimum atomic E-state index is -0.969. The molecule has 0 bridgehead atoms. The Kier molecular flexibility index (Phi) is 4.11. The number of rotatable bonds is 4. The monoisotopic (exact) mass is 304 g/mol. The van der Waals surface area contributed by atoms with E-state index in [1.54, 1.807) is 7.11 Å². The Morgan fingerprint density at radius 3 is 2.35 bits per heavy atom. The second kappa shape index (κ2) is 6.36. The standard InChI is InChI=1S/C20H16O3/c1-23-16-11-9-15(10-12-16)19(13-20(21)22)18-8-4-6-14-5-2-3-7-17(14)18/h2-13H,1H3,(H,21,22). The predicted octanol–water partition coefficient (Wildman–Crippen LogP) is 4.36. The second-order valence-electron chi connectivity index (χ2n) is 5.15. The van der Waals surface area contributed by atoms with Crippen LogP contribution in [0, 0.1) is 0 Å². The molecule has 0 unspecified atom stereocenters. The van der Waals surface area contributed by atoms with E-state index in [9.17, 15) is 9.90 Å². The summed E-state index contributed by atoms with van der Waals surface area (Å²) < 4.78 is 5.17. The zero-order chi connectivity index (χ0) is 16.2. The van der Waals surface area contributed by atoms with Gasteiger partial charge in [-0.3, -0.25) is 0 Å². The van der Waals surface area contributed by atoms with E-state index in [-0.39, 0.29) is 0 Å². The van der Waals surface area contributed by atoms with Crippen LogP contribution in [0.25, 0.3) is 16.3 Å². The molecule has 0 aliphatic carbocycles. The maximum Gasteiger partial charge on any atom is 0.328 e. The molecule has 0 atom stereocenters. The first kappa shape index (κ1) is 14.9. The number of fused-ring (bicyclic) bond motifs is 1. The third-order valence-corrected chi connectivity index (χ3v) is 3.75. The van der Waals surface area contributed by atoms with Crippen LogP contribution in [0.3, 0.4) is 0 Å². The van der Waals surface area contributed by atoms with Crippen molar-refractivity contribution in [2.24, 2.45) is 0 Å². The highest BCUT2D eigenvalue weighted by atomic mass is 16.5. The minimum absolute atomic E-state index is 0.678. The van der Waals surface area contributed by atoms with Crippen LogP contribution in [-0.2, 0) is 4.79 Å². The molecule has 23 heavy (non-hydrogen) atoms. The molecular formula is C20H16O3. The minimum Gasteiger partial charge on any atom is -0.497 e. The maximum absolute atomic E-state index is 11.3. The van der Waals surface area contributed by atoms with E-state index < -0.39 is 5.97 Å². The third kappa shape index (κ3) is 3.09. The highest BCUT2D eigenvalue weighted by Crippen LogP contribution is 2.30. The van der Waals surface area contributed by atoms with Crippen LogP contribution in [-0.4, -0.2) is 18.2 Å². The summed E-state index contributed by atoms with van der Waals surface area (Å²) in [5.74, 6) is -0.231. The van der Waals surface area contributed by atoms with Crippen LogP contribution in [0.5, 0.6) is 5.75 Å². The van der Waals surface area contributed by atoms with Gasteiger partial charge in [0, 0.05) is 6.08 Å². The number of ether oxygens (including phenoxy) is 1. The lowest BCUT2D eigenvalue weighted by atomic mass is 9.93. The largest absolute Gasteiger partial charge is 0.497 e. The summed E-state index contributed by atoms with van der Waals surface area (Å²) >= 11 is 0. The number of aliphatic carboxylic acids is 1. The average Bonchev–Trinajstić information content (AvgIpc) is 2.59. The van der Waals surface area contributed by atoms with Gasteiger partial charge in [-0.05, 0) is 39.6 Å². The Bertz CT molecular complexity index is 872. The Morgan fingerprint density at radius 2 is 1.65 bits per heavy atom. The zero-order valence-corrected chi connectivity index (χ0v) is 12.7. The van der Waals surface area contributed by atoms with E-state index >= 15 is 0 Å². The molecule has 0 aliphatic heterocycles. The number of carboxylic acid groups (broad SMARTS) is 1. The SMILES string of the molecule is COc1ccc(C(=CC(=O)O)c2cccc3ccccc23)cc1. The molecule has 0 amide bonds. The molecule has 114 valence electrons. The summed E-state index contributed by atoms with van der Waals surface area (Å²) in [6.07, 6.45) is 1.25. The second-order valence-corrected chi connectivity index (χ2v) is 5.15. The van der Waals surface area contributed by atoms with Crippen LogP contribution in [0.15, 0.2) is 72.8 Å². The van der Waals surface area contributed by atoms with Gasteiger partial charge >= 0.3 is 5.97 Å². The van der Waals surface area contributed by atoms with Gasteiger partial charge in [0.2, 0.25) is 0 Å². The lowest BCUT2D eigenvalue weighted by Gasteiger charge is -2.12. The van der Waals surface area contributed by atoms with Gasteiger partial charge in [0.25, 0.3) is 0 Å². The number of carbonyl (C=O) groups is 1. The molecule has 0 heterocycles. The fraction of sp³-hybridized carbons (Fsp3) is 0.0500. The van der Waals surface area contributed by atoms with Crippen LogP contribution < -0.4 is 4.74 Å². The van der Waals surface area contributed by atoms with Crippen molar-refractivity contribution in [1.82, 2.24) is 0 Å². The molecule has 1 N–H and O–H groups in total. The maximum atomic E-state index is 11.3. The normalized spacial score (nSPS) is 11.4. The molecule has 0 saturated carbocycles. The molecule has 0 aliphatic rings. The van der Waals surface area contributed by atoms with Crippen molar-refractivity contribution in [3.05, 3.63) is 83.9 Å². The van der Waals surface area contributed by atoms with Gasteiger partial charge in [-0.25, -0.2) is 4.79 Å². The van der Waals surface area contributed by atoms with Gasteiger partial charge < -0.3 is 9.84 Å². The van der Waals surface area contributed by atoms with E-state index in [1.807, 2.05) is 66.7 Å². The molecule has 3 aromatic rings. The summed E-state index contributed by atoms with van der Waals surface area (Å²) in [7, 11) is 1.60. The van der Waals surface area contributed by atoms with E-state index in [0.29, 0.717) is 5.57 Å². The average molecular weight is 304 g/mol. The highest BCUT2D eigenvalue weighted by Gasteiger charge is 2.11. The van der Waals surface area contributed by atoms with Crippen molar-refractivity contribution in [2.75, 3.05) is 7.11 Å². The first-order chi connectivity index (χ1) is 11.2. The molecule has 3 nitrogen and oxygen atoms in total. The highest BCUT2D eigenvalue weighted by molar-refractivity contribution is 6.03. The Morgan fingerprint density at radius 1 is 0.957 bits per heavy atom. The summed E-state index contributed by atoms with van der Waals surface area (Å²) in [5, 5.41) is 11.4. The molecule has 3 heteroatoms. The predicted molar refractivity (Wildman–Crippen MR) is 91.7 cm³/mol. The van der Waals surface area contributed by atoms with Crippen LogP contribution in [0.4, 0.5) is 0 Å². The lowest BCUT2D eigenvalue weighted by Crippen LogP contribution is -1.96. The Labute approximate surface area is 134 Å². The Hall–Kier alpha value is -3.07. The van der Waals surface area contributed by atoms with E-state index in [4.69, 9.17) is 4.74 Å². The van der Waals surface area contributed by atoms with E-state index in [2.05, 4.69) is 0 Å². The number of benzene rings is 3. The molecule has 0 saturated heterocycles. The number of methoxy groups -OCH3 is 1. The quantitative estimate of drug-likeness (QED) is 0.728. The summed E-state index contributed by atoms with van der Waals surface area (Å²) in [5.41, 5.74) is 2.41. The van der Waals surface area contributed by atoms with Crippen LogP contribution in [0.1, 0.15) is 11.1 Å². The summed E-state index contributed by atoms with van der Waals surface area (Å²) in [4.78, 5) is 11.3. The van der Waals surface area contributed by atoms with Gasteiger partial charge in [-0.2, -0.15) is 0 Å². The van der Waals surface area contributed by atoms with Crippen molar-refractivity contribution >= 4 is 22.3 Å². The molecule has 0 radical (unpaired) electrons. The Balaban J connectivity index is 2.21. The van der Waals surface area contributed by atoms with Gasteiger partial charge in [-0.1, -0.05) is 54.6 Å². The first-order valence-corrected chi connectivity index (χ1v) is 7.26. The van der Waals surface area contributed by atoms with Crippen LogP contribution >= 0.6 is 0 Å². The molecule has 0 aromatic heterocycles. The fourth-order valence-corrected chi connectivity index (χ4v) is 2.67. The zero-order valence-electron chi connectivity index (χ0n) is 12.7. The molecule has 0 fully saturated rings. The summed E-state index contributed by atoms with van der Waals surface area (Å²) in [6.45, 7) is 0. The first-order valence-electron chi connectivity index (χ1n) is 7.26.